The van der Waals surface area contributed by atoms with Crippen LogP contribution in [0.25, 0.3) is 0 Å². The molecule has 3 nitrogen and oxygen atoms in total. The van der Waals surface area contributed by atoms with Crippen molar-refractivity contribution in [3.8, 4) is 6.07 Å². The molecule has 0 amide bonds. The molecule has 0 aliphatic rings. The number of anilines is 1. The Balaban J connectivity index is 2.17. The lowest BCUT2D eigenvalue weighted by Gasteiger charge is -2.13. The first-order valence-electron chi connectivity index (χ1n) is 5.05. The van der Waals surface area contributed by atoms with E-state index in [1.807, 2.05) is 13.0 Å². The zero-order chi connectivity index (χ0) is 12.3. The molecule has 1 atom stereocenters. The largest absolute Gasteiger partial charge is 0.378 e. The van der Waals surface area contributed by atoms with Gasteiger partial charge in [-0.3, -0.25) is 4.98 Å². The van der Waals surface area contributed by atoms with E-state index in [4.69, 9.17) is 5.26 Å². The molecule has 0 bridgehead atoms. The quantitative estimate of drug-likeness (QED) is 0.905. The normalized spacial score (nSPS) is 11.8. The summed E-state index contributed by atoms with van der Waals surface area (Å²) in [5.74, 6) is -0.497. The maximum Gasteiger partial charge on any atom is 0.141 e. The number of nitrogens with zero attached hydrogens (tertiary/aromatic N) is 2. The Morgan fingerprint density at radius 2 is 2.35 bits per heavy atom. The summed E-state index contributed by atoms with van der Waals surface area (Å²) in [5, 5.41) is 11.9. The van der Waals surface area contributed by atoms with E-state index in [-0.39, 0.29) is 11.6 Å². The Labute approximate surface area is 103 Å². The monoisotopic (exact) mass is 247 g/mol. The van der Waals surface area contributed by atoms with E-state index >= 15 is 0 Å². The molecule has 1 aromatic carbocycles. The smallest absolute Gasteiger partial charge is 0.141 e. The van der Waals surface area contributed by atoms with Gasteiger partial charge >= 0.3 is 0 Å². The average molecular weight is 247 g/mol. The van der Waals surface area contributed by atoms with Crippen molar-refractivity contribution in [2.75, 3.05) is 5.32 Å². The van der Waals surface area contributed by atoms with Crippen molar-refractivity contribution in [3.05, 3.63) is 46.2 Å². The highest BCUT2D eigenvalue weighted by atomic mass is 32.1. The van der Waals surface area contributed by atoms with Gasteiger partial charge in [-0.15, -0.1) is 11.3 Å². The van der Waals surface area contributed by atoms with E-state index in [1.54, 1.807) is 29.1 Å². The SMILES string of the molecule is CC(Nc1ccc(F)c(C#N)c1)c1cncs1. The second kappa shape index (κ2) is 4.93. The maximum absolute atomic E-state index is 13.1. The van der Waals surface area contributed by atoms with Crippen LogP contribution in [0.15, 0.2) is 29.9 Å². The molecule has 0 aliphatic carbocycles. The van der Waals surface area contributed by atoms with Gasteiger partial charge in [0.15, 0.2) is 0 Å². The predicted molar refractivity (Wildman–Crippen MR) is 65.3 cm³/mol. The van der Waals surface area contributed by atoms with Crippen LogP contribution in [-0.4, -0.2) is 4.98 Å². The van der Waals surface area contributed by atoms with Gasteiger partial charge in [0, 0.05) is 16.8 Å². The number of halogens is 1. The van der Waals surface area contributed by atoms with Crippen molar-refractivity contribution >= 4 is 17.0 Å². The van der Waals surface area contributed by atoms with E-state index < -0.39 is 5.82 Å². The number of nitrogens with one attached hydrogen (secondary N) is 1. The third-order valence-corrected chi connectivity index (χ3v) is 3.31. The molecular formula is C12H10FN3S. The summed E-state index contributed by atoms with van der Waals surface area (Å²) < 4.78 is 13.1. The highest BCUT2D eigenvalue weighted by molar-refractivity contribution is 7.09. The Bertz CT molecular complexity index is 545. The summed E-state index contributed by atoms with van der Waals surface area (Å²) in [5.41, 5.74) is 2.54. The van der Waals surface area contributed by atoms with Crippen molar-refractivity contribution in [2.45, 2.75) is 13.0 Å². The molecule has 2 rings (SSSR count). The number of nitriles is 1. The van der Waals surface area contributed by atoms with Gasteiger partial charge in [0.1, 0.15) is 11.9 Å². The predicted octanol–water partition coefficient (Wildman–Crippen LogP) is 3.33. The van der Waals surface area contributed by atoms with Gasteiger partial charge in [0.05, 0.1) is 17.1 Å². The Morgan fingerprint density at radius 3 is 3.00 bits per heavy atom. The van der Waals surface area contributed by atoms with E-state index in [0.717, 1.165) is 10.6 Å². The summed E-state index contributed by atoms with van der Waals surface area (Å²) in [4.78, 5) is 5.09. The second-order valence-electron chi connectivity index (χ2n) is 3.58. The first-order chi connectivity index (χ1) is 8.20. The molecular weight excluding hydrogens is 237 g/mol. The third kappa shape index (κ3) is 2.60. The third-order valence-electron chi connectivity index (χ3n) is 2.35. The first kappa shape index (κ1) is 11.6. The summed E-state index contributed by atoms with van der Waals surface area (Å²) in [6, 6.07) is 6.32. The number of hydrogen-bond donors (Lipinski definition) is 1. The number of thiazole rings is 1. The molecule has 0 saturated heterocycles. The standard InChI is InChI=1S/C12H10FN3S/c1-8(12-6-15-7-17-12)16-10-2-3-11(13)9(4-10)5-14/h2-4,6-8,16H,1H3. The molecule has 17 heavy (non-hydrogen) atoms. The fourth-order valence-corrected chi connectivity index (χ4v) is 2.09. The highest BCUT2D eigenvalue weighted by Crippen LogP contribution is 2.23. The molecule has 1 N–H and O–H groups in total. The molecule has 1 heterocycles. The van der Waals surface area contributed by atoms with Crippen LogP contribution in [0.4, 0.5) is 10.1 Å². The molecule has 0 radical (unpaired) electrons. The number of benzene rings is 1. The molecule has 5 heteroatoms. The van der Waals surface area contributed by atoms with Crippen LogP contribution in [-0.2, 0) is 0 Å². The van der Waals surface area contributed by atoms with Crippen LogP contribution < -0.4 is 5.32 Å². The summed E-state index contributed by atoms with van der Waals surface area (Å²) >= 11 is 1.55. The van der Waals surface area contributed by atoms with E-state index in [9.17, 15) is 4.39 Å². The summed E-state index contributed by atoms with van der Waals surface area (Å²) in [6.45, 7) is 1.99. The minimum absolute atomic E-state index is 0.0477. The topological polar surface area (TPSA) is 48.7 Å². The van der Waals surface area contributed by atoms with Gasteiger partial charge in [-0.1, -0.05) is 0 Å². The summed E-state index contributed by atoms with van der Waals surface area (Å²) in [7, 11) is 0. The maximum atomic E-state index is 13.1. The van der Waals surface area contributed by atoms with Crippen molar-refractivity contribution < 1.29 is 4.39 Å². The molecule has 2 aromatic rings. The highest BCUT2D eigenvalue weighted by Gasteiger charge is 2.08. The molecule has 0 fully saturated rings. The Hall–Kier alpha value is -1.93. The van der Waals surface area contributed by atoms with Crippen molar-refractivity contribution in [2.24, 2.45) is 0 Å². The van der Waals surface area contributed by atoms with E-state index in [1.165, 1.54) is 12.1 Å². The van der Waals surface area contributed by atoms with Gasteiger partial charge in [0.2, 0.25) is 0 Å². The minimum Gasteiger partial charge on any atom is -0.378 e. The number of rotatable bonds is 3. The van der Waals surface area contributed by atoms with Gasteiger partial charge < -0.3 is 5.32 Å². The lowest BCUT2D eigenvalue weighted by Crippen LogP contribution is -2.05. The molecule has 1 aromatic heterocycles. The fraction of sp³-hybridized carbons (Fsp3) is 0.167. The average Bonchev–Trinajstić information content (AvgIpc) is 2.85. The van der Waals surface area contributed by atoms with Crippen LogP contribution in [0.5, 0.6) is 0 Å². The van der Waals surface area contributed by atoms with Crippen LogP contribution >= 0.6 is 11.3 Å². The zero-order valence-corrected chi connectivity index (χ0v) is 9.96. The van der Waals surface area contributed by atoms with E-state index in [0.29, 0.717) is 0 Å². The van der Waals surface area contributed by atoms with Crippen LogP contribution in [0.1, 0.15) is 23.4 Å². The zero-order valence-electron chi connectivity index (χ0n) is 9.14. The van der Waals surface area contributed by atoms with Crippen molar-refractivity contribution in [3.63, 3.8) is 0 Å². The van der Waals surface area contributed by atoms with Gasteiger partial charge in [0.25, 0.3) is 0 Å². The number of hydrogen-bond acceptors (Lipinski definition) is 4. The van der Waals surface area contributed by atoms with Gasteiger partial charge in [-0.2, -0.15) is 5.26 Å². The van der Waals surface area contributed by atoms with Gasteiger partial charge in [-0.25, -0.2) is 4.39 Å². The van der Waals surface area contributed by atoms with E-state index in [2.05, 4.69) is 10.3 Å². The molecule has 0 saturated carbocycles. The van der Waals surface area contributed by atoms with Gasteiger partial charge in [-0.05, 0) is 25.1 Å². The van der Waals surface area contributed by atoms with Crippen molar-refractivity contribution in [1.29, 1.82) is 5.26 Å². The Morgan fingerprint density at radius 1 is 1.53 bits per heavy atom. The lowest BCUT2D eigenvalue weighted by molar-refractivity contribution is 0.624. The summed E-state index contributed by atoms with van der Waals surface area (Å²) in [6.07, 6.45) is 1.79. The van der Waals surface area contributed by atoms with Crippen LogP contribution in [0, 0.1) is 17.1 Å². The Kier molecular flexibility index (Phi) is 3.35. The fourth-order valence-electron chi connectivity index (χ4n) is 1.46. The number of aromatic nitrogens is 1. The molecule has 0 spiro atoms. The minimum atomic E-state index is -0.497. The van der Waals surface area contributed by atoms with Crippen LogP contribution in [0.2, 0.25) is 0 Å². The molecule has 0 aliphatic heterocycles. The lowest BCUT2D eigenvalue weighted by atomic mass is 10.2. The second-order valence-corrected chi connectivity index (χ2v) is 4.49. The first-order valence-corrected chi connectivity index (χ1v) is 5.93. The van der Waals surface area contributed by atoms with Crippen LogP contribution in [0.3, 0.4) is 0 Å². The molecule has 86 valence electrons. The molecule has 1 unspecified atom stereocenters. The van der Waals surface area contributed by atoms with Crippen molar-refractivity contribution in [1.82, 2.24) is 4.98 Å².